The van der Waals surface area contributed by atoms with Crippen LogP contribution in [-0.4, -0.2) is 28.6 Å². The van der Waals surface area contributed by atoms with Crippen molar-refractivity contribution in [3.63, 3.8) is 0 Å². The fourth-order valence-electron chi connectivity index (χ4n) is 10.8. The lowest BCUT2D eigenvalue weighted by molar-refractivity contribution is -0.175. The maximum Gasteiger partial charge on any atom is 0.310 e. The van der Waals surface area contributed by atoms with Crippen molar-refractivity contribution < 1.29 is 19.8 Å². The minimum absolute atomic E-state index is 0.154. The first-order valence-electron chi connectivity index (χ1n) is 14.0. The highest BCUT2D eigenvalue weighted by atomic mass is 16.4. The average Bonchev–Trinajstić information content (AvgIpc) is 3.27. The smallest absolute Gasteiger partial charge is 0.310 e. The Morgan fingerprint density at radius 1 is 1.06 bits per heavy atom. The van der Waals surface area contributed by atoms with E-state index in [1.54, 1.807) is 0 Å². The molecule has 5 fully saturated rings. The molecule has 34 heavy (non-hydrogen) atoms. The van der Waals surface area contributed by atoms with E-state index in [1.807, 2.05) is 6.92 Å². The Morgan fingerprint density at radius 3 is 2.38 bits per heavy atom. The molecule has 5 aliphatic rings. The van der Waals surface area contributed by atoms with Gasteiger partial charge in [0.15, 0.2) is 0 Å². The van der Waals surface area contributed by atoms with Crippen molar-refractivity contribution in [1.82, 2.24) is 0 Å². The third-order valence-corrected chi connectivity index (χ3v) is 12.6. The molecule has 190 valence electrons. The molecule has 2 N–H and O–H groups in total. The molecule has 0 aromatic rings. The molecule has 9 unspecified atom stereocenters. The number of fused-ring (bicyclic) bond motifs is 2. The summed E-state index contributed by atoms with van der Waals surface area (Å²) in [6, 6.07) is 0. The summed E-state index contributed by atoms with van der Waals surface area (Å²) in [5, 5.41) is 20.6. The number of aliphatic hydroxyl groups is 1. The van der Waals surface area contributed by atoms with Crippen LogP contribution in [0.15, 0.2) is 12.2 Å². The van der Waals surface area contributed by atoms with E-state index in [4.69, 9.17) is 0 Å². The Labute approximate surface area is 206 Å². The number of hydrogen-bond donors (Lipinski definition) is 2. The van der Waals surface area contributed by atoms with E-state index in [-0.39, 0.29) is 40.6 Å². The number of rotatable bonds is 7. The molecule has 0 radical (unpaired) electrons. The number of Topliss-reactive ketones (excluding diaryl/α,β-unsaturated/α-hetero) is 1. The lowest BCUT2D eigenvalue weighted by Gasteiger charge is -2.58. The van der Waals surface area contributed by atoms with E-state index in [2.05, 4.69) is 27.4 Å². The quantitative estimate of drug-likeness (QED) is 0.430. The zero-order valence-electron chi connectivity index (χ0n) is 21.9. The van der Waals surface area contributed by atoms with Gasteiger partial charge in [0.1, 0.15) is 5.78 Å². The van der Waals surface area contributed by atoms with Gasteiger partial charge in [-0.2, -0.15) is 0 Å². The molecule has 0 saturated heterocycles. The molecule has 2 spiro atoms. The van der Waals surface area contributed by atoms with Crippen molar-refractivity contribution in [3.05, 3.63) is 12.2 Å². The molecule has 5 aliphatic carbocycles. The fraction of sp³-hybridized carbons (Fsp3) is 0.867. The van der Waals surface area contributed by atoms with Crippen LogP contribution in [0.25, 0.3) is 0 Å². The van der Waals surface area contributed by atoms with E-state index in [0.717, 1.165) is 56.9 Å². The van der Waals surface area contributed by atoms with Crippen LogP contribution in [0.3, 0.4) is 0 Å². The first kappa shape index (κ1) is 24.5. The molecule has 5 saturated carbocycles. The number of carboxylic acid groups (broad SMARTS) is 1. The predicted molar refractivity (Wildman–Crippen MR) is 133 cm³/mol. The third-order valence-electron chi connectivity index (χ3n) is 12.6. The van der Waals surface area contributed by atoms with E-state index >= 15 is 0 Å². The SMILES string of the molecule is C=C(C)C(CO)CCC(C)C1CCC2(C(=O)O)C1CCC13CC14CCC(=O)C(C)(C)C4CCC23. The molecule has 0 aliphatic heterocycles. The highest BCUT2D eigenvalue weighted by Crippen LogP contribution is 2.87. The van der Waals surface area contributed by atoms with Crippen LogP contribution < -0.4 is 0 Å². The molecular formula is C30H46O4. The maximum atomic E-state index is 13.2. The first-order valence-corrected chi connectivity index (χ1v) is 14.0. The largest absolute Gasteiger partial charge is 0.481 e. The molecule has 0 bridgehead atoms. The Balaban J connectivity index is 1.40. The summed E-state index contributed by atoms with van der Waals surface area (Å²) >= 11 is 0. The van der Waals surface area contributed by atoms with Crippen LogP contribution in [-0.2, 0) is 9.59 Å². The van der Waals surface area contributed by atoms with Gasteiger partial charge in [-0.05, 0) is 112 Å². The van der Waals surface area contributed by atoms with E-state index in [9.17, 15) is 19.8 Å². The van der Waals surface area contributed by atoms with E-state index in [0.29, 0.717) is 30.0 Å². The first-order chi connectivity index (χ1) is 16.0. The second-order valence-electron chi connectivity index (χ2n) is 13.8. The summed E-state index contributed by atoms with van der Waals surface area (Å²) < 4.78 is 0. The molecule has 0 heterocycles. The van der Waals surface area contributed by atoms with Gasteiger partial charge in [0, 0.05) is 24.4 Å². The number of ketones is 1. The standard InChI is InChI=1S/C30H46O4/c1-18(2)20(16-31)7-6-19(3)21-10-15-30(26(33)34)22(21)11-13-29-17-28(29)14-12-25(32)27(4,5)23(28)8-9-24(29)30/h19-24,31H,1,6-17H2,2-5H3,(H,33,34). The third kappa shape index (κ3) is 2.99. The summed E-state index contributed by atoms with van der Waals surface area (Å²) in [6.45, 7) is 12.9. The van der Waals surface area contributed by atoms with Crippen LogP contribution in [0.5, 0.6) is 0 Å². The Kier molecular flexibility index (Phi) is 5.71. The molecule has 0 aromatic heterocycles. The fourth-order valence-corrected chi connectivity index (χ4v) is 10.8. The maximum absolute atomic E-state index is 13.2. The summed E-state index contributed by atoms with van der Waals surface area (Å²) in [5.41, 5.74) is 0.620. The lowest BCUT2D eigenvalue weighted by atomic mass is 9.45. The van der Waals surface area contributed by atoms with Gasteiger partial charge in [-0.3, -0.25) is 9.59 Å². The van der Waals surface area contributed by atoms with Crippen LogP contribution >= 0.6 is 0 Å². The van der Waals surface area contributed by atoms with Crippen LogP contribution in [0.4, 0.5) is 0 Å². The Hall–Kier alpha value is -1.16. The normalized spacial score (nSPS) is 45.9. The second kappa shape index (κ2) is 7.92. The van der Waals surface area contributed by atoms with Gasteiger partial charge in [0.05, 0.1) is 5.41 Å². The van der Waals surface area contributed by atoms with Crippen molar-refractivity contribution in [2.45, 2.75) is 98.3 Å². The van der Waals surface area contributed by atoms with Crippen molar-refractivity contribution in [1.29, 1.82) is 0 Å². The number of hydrogen-bond acceptors (Lipinski definition) is 3. The number of carboxylic acids is 1. The molecule has 5 rings (SSSR count). The number of aliphatic hydroxyl groups excluding tert-OH is 1. The highest BCUT2D eigenvalue weighted by molar-refractivity contribution is 5.86. The number of carbonyl (C=O) groups excluding carboxylic acids is 1. The molecular weight excluding hydrogens is 424 g/mol. The predicted octanol–water partition coefficient (Wildman–Crippen LogP) is 6.27. The monoisotopic (exact) mass is 470 g/mol. The van der Waals surface area contributed by atoms with Gasteiger partial charge in [-0.15, -0.1) is 0 Å². The van der Waals surface area contributed by atoms with Gasteiger partial charge < -0.3 is 10.2 Å². The molecule has 0 amide bonds. The van der Waals surface area contributed by atoms with Gasteiger partial charge in [0.2, 0.25) is 0 Å². The number of aliphatic carboxylic acids is 1. The molecule has 4 nitrogen and oxygen atoms in total. The van der Waals surface area contributed by atoms with E-state index in [1.165, 1.54) is 12.8 Å². The zero-order valence-corrected chi connectivity index (χ0v) is 21.9. The van der Waals surface area contributed by atoms with Gasteiger partial charge >= 0.3 is 5.97 Å². The van der Waals surface area contributed by atoms with Crippen molar-refractivity contribution in [3.8, 4) is 0 Å². The van der Waals surface area contributed by atoms with E-state index < -0.39 is 11.4 Å². The van der Waals surface area contributed by atoms with Crippen LogP contribution in [0.1, 0.15) is 98.3 Å². The van der Waals surface area contributed by atoms with Gasteiger partial charge in [-0.1, -0.05) is 32.9 Å². The number of carbonyl (C=O) groups is 2. The average molecular weight is 471 g/mol. The summed E-state index contributed by atoms with van der Waals surface area (Å²) in [6.07, 6.45) is 10.9. The summed E-state index contributed by atoms with van der Waals surface area (Å²) in [7, 11) is 0. The zero-order chi connectivity index (χ0) is 24.7. The van der Waals surface area contributed by atoms with Crippen molar-refractivity contribution >= 4 is 11.8 Å². The molecule has 0 aromatic carbocycles. The van der Waals surface area contributed by atoms with Crippen LogP contribution in [0.2, 0.25) is 0 Å². The highest BCUT2D eigenvalue weighted by Gasteiger charge is 2.82. The van der Waals surface area contributed by atoms with Crippen LogP contribution in [0, 0.1) is 57.2 Å². The van der Waals surface area contributed by atoms with Gasteiger partial charge in [-0.25, -0.2) is 0 Å². The van der Waals surface area contributed by atoms with Crippen molar-refractivity contribution in [2.24, 2.45) is 57.2 Å². The van der Waals surface area contributed by atoms with Gasteiger partial charge in [0.25, 0.3) is 0 Å². The minimum Gasteiger partial charge on any atom is -0.481 e. The van der Waals surface area contributed by atoms with Crippen molar-refractivity contribution in [2.75, 3.05) is 6.61 Å². The lowest BCUT2D eigenvalue weighted by Crippen LogP contribution is -2.57. The minimum atomic E-state index is -0.567. The topological polar surface area (TPSA) is 74.6 Å². The summed E-state index contributed by atoms with van der Waals surface area (Å²) in [5.74, 6) is 2.00. The molecule has 4 heteroatoms. The summed E-state index contributed by atoms with van der Waals surface area (Å²) in [4.78, 5) is 26.0. The Bertz CT molecular complexity index is 890. The second-order valence-corrected chi connectivity index (χ2v) is 13.8. The molecule has 9 atom stereocenters. The Morgan fingerprint density at radius 2 is 1.74 bits per heavy atom.